The predicted octanol–water partition coefficient (Wildman–Crippen LogP) is 1.66. The minimum atomic E-state index is -1.31. The Kier molecular flexibility index (Phi) is 3.58. The lowest BCUT2D eigenvalue weighted by atomic mass is 10.0. The summed E-state index contributed by atoms with van der Waals surface area (Å²) < 4.78 is 4.51. The topological polar surface area (TPSA) is 60.4 Å². The minimum Gasteiger partial charge on any atom is -0.457 e. The lowest BCUT2D eigenvalue weighted by Gasteiger charge is -1.98. The molecule has 1 saturated heterocycles. The van der Waals surface area contributed by atoms with Crippen molar-refractivity contribution in [3.63, 3.8) is 0 Å². The molecule has 0 spiro atoms. The summed E-state index contributed by atoms with van der Waals surface area (Å²) in [6.45, 7) is -0.319. The number of Topliss-reactive ketones (excluding diaryl/α,β-unsaturated/α-hetero) is 1. The van der Waals surface area contributed by atoms with Gasteiger partial charge in [-0.2, -0.15) is 0 Å². The molecule has 1 heterocycles. The molecule has 0 amide bonds. The number of ether oxygens (including phenoxy) is 1. The fourth-order valence-electron chi connectivity index (χ4n) is 1.60. The third-order valence-electron chi connectivity index (χ3n) is 2.49. The van der Waals surface area contributed by atoms with Crippen LogP contribution >= 0.6 is 11.6 Å². The predicted molar refractivity (Wildman–Crippen MR) is 64.9 cm³/mol. The number of rotatable bonds is 3. The molecule has 1 aromatic rings. The van der Waals surface area contributed by atoms with Gasteiger partial charge in [0.1, 0.15) is 0 Å². The Hall–Kier alpha value is -1.94. The molecule has 1 aliphatic rings. The van der Waals surface area contributed by atoms with Crippen LogP contribution in [0.25, 0.3) is 6.08 Å². The highest BCUT2D eigenvalue weighted by Gasteiger charge is 2.39. The van der Waals surface area contributed by atoms with E-state index in [1.807, 2.05) is 0 Å². The van der Waals surface area contributed by atoms with Gasteiger partial charge in [-0.1, -0.05) is 29.8 Å². The van der Waals surface area contributed by atoms with Crippen molar-refractivity contribution in [2.45, 2.75) is 0 Å². The number of esters is 1. The molecular weight excluding hydrogens is 256 g/mol. The summed E-state index contributed by atoms with van der Waals surface area (Å²) in [5, 5.41) is 0.543. The normalized spacial score (nSPS) is 19.3. The van der Waals surface area contributed by atoms with E-state index in [4.69, 9.17) is 11.6 Å². The number of carbonyl (C=O) groups excluding carboxylic acids is 3. The van der Waals surface area contributed by atoms with E-state index in [1.54, 1.807) is 24.3 Å². The summed E-state index contributed by atoms with van der Waals surface area (Å²) >= 11 is 5.79. The number of benzene rings is 1. The van der Waals surface area contributed by atoms with Crippen LogP contribution in [0.15, 0.2) is 30.3 Å². The van der Waals surface area contributed by atoms with Crippen LogP contribution in [0.3, 0.4) is 0 Å². The Balaban J connectivity index is 2.12. The summed E-state index contributed by atoms with van der Waals surface area (Å²) in [5.41, 5.74) is 0.717. The average Bonchev–Trinajstić information content (AvgIpc) is 2.66. The Morgan fingerprint density at radius 3 is 2.78 bits per heavy atom. The van der Waals surface area contributed by atoms with Crippen LogP contribution in [0.4, 0.5) is 0 Å². The lowest BCUT2D eigenvalue weighted by Crippen LogP contribution is -2.23. The first kappa shape index (κ1) is 12.5. The van der Waals surface area contributed by atoms with Crippen molar-refractivity contribution in [3.05, 3.63) is 40.9 Å². The third kappa shape index (κ3) is 2.65. The molecular formula is C13H9ClO4. The van der Waals surface area contributed by atoms with Crippen LogP contribution in [0.1, 0.15) is 5.56 Å². The molecule has 0 aromatic heterocycles. The zero-order valence-electron chi connectivity index (χ0n) is 9.26. The van der Waals surface area contributed by atoms with Crippen LogP contribution in [-0.2, 0) is 19.1 Å². The van der Waals surface area contributed by atoms with Crippen molar-refractivity contribution in [2.75, 3.05) is 6.61 Å². The van der Waals surface area contributed by atoms with Crippen LogP contribution in [-0.4, -0.2) is 24.1 Å². The first-order valence-corrected chi connectivity index (χ1v) is 5.62. The Morgan fingerprint density at radius 2 is 2.17 bits per heavy atom. The smallest absolute Gasteiger partial charge is 0.325 e. The van der Waals surface area contributed by atoms with E-state index in [-0.39, 0.29) is 6.61 Å². The molecule has 0 aliphatic carbocycles. The number of halogens is 1. The minimum absolute atomic E-state index is 0.319. The van der Waals surface area contributed by atoms with E-state index in [0.717, 1.165) is 5.56 Å². The van der Waals surface area contributed by atoms with Crippen molar-refractivity contribution in [2.24, 2.45) is 5.92 Å². The molecule has 92 valence electrons. The van der Waals surface area contributed by atoms with Crippen LogP contribution < -0.4 is 0 Å². The zero-order chi connectivity index (χ0) is 13.1. The maximum atomic E-state index is 11.7. The van der Waals surface area contributed by atoms with Gasteiger partial charge in [0.15, 0.2) is 24.1 Å². The van der Waals surface area contributed by atoms with Crippen molar-refractivity contribution in [1.29, 1.82) is 0 Å². The van der Waals surface area contributed by atoms with E-state index in [0.29, 0.717) is 5.02 Å². The summed E-state index contributed by atoms with van der Waals surface area (Å²) in [7, 11) is 0. The molecule has 0 N–H and O–H groups in total. The van der Waals surface area contributed by atoms with Gasteiger partial charge in [0.25, 0.3) is 0 Å². The van der Waals surface area contributed by atoms with Gasteiger partial charge >= 0.3 is 5.97 Å². The largest absolute Gasteiger partial charge is 0.457 e. The van der Waals surface area contributed by atoms with Crippen LogP contribution in [0, 0.1) is 5.92 Å². The highest BCUT2D eigenvalue weighted by molar-refractivity contribution is 6.30. The summed E-state index contributed by atoms with van der Waals surface area (Å²) in [6.07, 6.45) is 2.70. The summed E-state index contributed by atoms with van der Waals surface area (Å²) in [4.78, 5) is 34.1. The fraction of sp³-hybridized carbons (Fsp3) is 0.154. The molecule has 1 aliphatic heterocycles. The second-order valence-corrected chi connectivity index (χ2v) is 4.23. The molecule has 4 nitrogen and oxygen atoms in total. The molecule has 0 bridgehead atoms. The van der Waals surface area contributed by atoms with E-state index in [1.165, 1.54) is 12.2 Å². The Labute approximate surface area is 108 Å². The summed E-state index contributed by atoms with van der Waals surface area (Å²) in [5.74, 6) is -3.15. The fourth-order valence-corrected chi connectivity index (χ4v) is 1.80. The molecule has 2 rings (SSSR count). The monoisotopic (exact) mass is 264 g/mol. The molecule has 18 heavy (non-hydrogen) atoms. The van der Waals surface area contributed by atoms with Crippen LogP contribution in [0.2, 0.25) is 5.02 Å². The second-order valence-electron chi connectivity index (χ2n) is 3.80. The van der Waals surface area contributed by atoms with Gasteiger partial charge in [0.2, 0.25) is 0 Å². The van der Waals surface area contributed by atoms with Crippen LogP contribution in [0.5, 0.6) is 0 Å². The third-order valence-corrected chi connectivity index (χ3v) is 2.72. The number of carbonyl (C=O) groups is 3. The van der Waals surface area contributed by atoms with E-state index in [2.05, 4.69) is 4.74 Å². The molecule has 1 fully saturated rings. The Morgan fingerprint density at radius 1 is 1.39 bits per heavy atom. The average molecular weight is 265 g/mol. The van der Waals surface area contributed by atoms with Gasteiger partial charge in [-0.25, -0.2) is 0 Å². The van der Waals surface area contributed by atoms with Crippen molar-refractivity contribution in [1.82, 2.24) is 0 Å². The number of hydrogen-bond donors (Lipinski definition) is 0. The van der Waals surface area contributed by atoms with E-state index in [9.17, 15) is 14.4 Å². The standard InChI is InChI=1S/C13H9ClO4/c14-9-3-1-2-8(6-9)4-5-10(15)12-11(16)7-18-13(12)17/h1-6,12H,7H2. The van der Waals surface area contributed by atoms with Gasteiger partial charge in [-0.05, 0) is 23.8 Å². The van der Waals surface area contributed by atoms with Gasteiger partial charge in [-0.15, -0.1) is 0 Å². The second kappa shape index (κ2) is 5.14. The van der Waals surface area contributed by atoms with E-state index < -0.39 is 23.5 Å². The molecule has 1 aromatic carbocycles. The maximum Gasteiger partial charge on any atom is 0.325 e. The van der Waals surface area contributed by atoms with Crippen molar-refractivity contribution in [3.8, 4) is 0 Å². The first-order chi connectivity index (χ1) is 8.58. The molecule has 0 radical (unpaired) electrons. The molecule has 1 atom stereocenters. The van der Waals surface area contributed by atoms with Gasteiger partial charge in [0.05, 0.1) is 0 Å². The van der Waals surface area contributed by atoms with Crippen molar-refractivity contribution < 1.29 is 19.1 Å². The number of cyclic esters (lactones) is 1. The van der Waals surface area contributed by atoms with Gasteiger partial charge < -0.3 is 4.74 Å². The zero-order valence-corrected chi connectivity index (χ0v) is 10.0. The SMILES string of the molecule is O=C(C=Cc1cccc(Cl)c1)C1C(=O)COC1=O. The number of allylic oxidation sites excluding steroid dienone is 1. The molecule has 0 saturated carbocycles. The highest BCUT2D eigenvalue weighted by atomic mass is 35.5. The highest BCUT2D eigenvalue weighted by Crippen LogP contribution is 2.15. The Bertz CT molecular complexity index is 532. The quantitative estimate of drug-likeness (QED) is 0.473. The lowest BCUT2D eigenvalue weighted by molar-refractivity contribution is -0.143. The molecule has 5 heteroatoms. The van der Waals surface area contributed by atoms with Crippen molar-refractivity contribution >= 4 is 35.2 Å². The number of hydrogen-bond acceptors (Lipinski definition) is 4. The first-order valence-electron chi connectivity index (χ1n) is 5.25. The number of ketones is 2. The van der Waals surface area contributed by atoms with Gasteiger partial charge in [0, 0.05) is 5.02 Å². The maximum absolute atomic E-state index is 11.7. The van der Waals surface area contributed by atoms with E-state index >= 15 is 0 Å². The summed E-state index contributed by atoms with van der Waals surface area (Å²) in [6, 6.07) is 6.87. The molecule has 1 unspecified atom stereocenters. The van der Waals surface area contributed by atoms with Gasteiger partial charge in [-0.3, -0.25) is 14.4 Å².